The summed E-state index contributed by atoms with van der Waals surface area (Å²) in [6.07, 6.45) is 0. The smallest absolute Gasteiger partial charge is 0.338 e. The Kier molecular flexibility index (Phi) is 6.35. The molecule has 158 valence electrons. The first-order chi connectivity index (χ1) is 15.1. The van der Waals surface area contributed by atoms with Crippen LogP contribution in [0.25, 0.3) is 22.2 Å². The molecular weight excluding hydrogens is 412 g/mol. The van der Waals surface area contributed by atoms with Crippen LogP contribution in [-0.2, 0) is 22.6 Å². The second kappa shape index (κ2) is 9.33. The number of fused-ring (bicyclic) bond motifs is 1. The van der Waals surface area contributed by atoms with Gasteiger partial charge in [-0.05, 0) is 47.9 Å². The van der Waals surface area contributed by atoms with E-state index in [2.05, 4.69) is 23.2 Å². The van der Waals surface area contributed by atoms with E-state index in [4.69, 9.17) is 21.1 Å². The van der Waals surface area contributed by atoms with Gasteiger partial charge in [0.05, 0.1) is 29.7 Å². The van der Waals surface area contributed by atoms with Gasteiger partial charge in [-0.3, -0.25) is 0 Å². The van der Waals surface area contributed by atoms with Crippen molar-refractivity contribution >= 4 is 28.6 Å². The van der Waals surface area contributed by atoms with Crippen molar-refractivity contribution in [1.82, 2.24) is 9.55 Å². The second-order valence-corrected chi connectivity index (χ2v) is 7.55. The number of esters is 1. The Morgan fingerprint density at radius 2 is 1.84 bits per heavy atom. The fourth-order valence-corrected chi connectivity index (χ4v) is 3.83. The first kappa shape index (κ1) is 21.1. The summed E-state index contributed by atoms with van der Waals surface area (Å²) < 4.78 is 12.5. The average Bonchev–Trinajstić information content (AvgIpc) is 3.12. The molecule has 0 radical (unpaired) electrons. The second-order valence-electron chi connectivity index (χ2n) is 7.14. The summed E-state index contributed by atoms with van der Waals surface area (Å²) in [6.45, 7) is 2.98. The Labute approximate surface area is 186 Å². The maximum Gasteiger partial charge on any atom is 0.338 e. The molecule has 4 aromatic rings. The van der Waals surface area contributed by atoms with Gasteiger partial charge >= 0.3 is 5.97 Å². The molecule has 4 rings (SSSR count). The molecule has 0 saturated heterocycles. The van der Waals surface area contributed by atoms with E-state index in [-0.39, 0.29) is 5.97 Å². The third-order valence-electron chi connectivity index (χ3n) is 5.10. The van der Waals surface area contributed by atoms with Crippen LogP contribution in [0.5, 0.6) is 0 Å². The number of carbonyl (C=O) groups excluding carboxylic acids is 1. The standard InChI is InChI=1S/C25H23ClN2O3/c1-3-31-25(29)19-11-12-22-23(14-19)28(24(27-22)16-30-2)15-20-10-9-18(13-21(20)26)17-7-5-4-6-8-17/h4-14H,3,15-16H2,1-2H3. The van der Waals surface area contributed by atoms with Crippen molar-refractivity contribution < 1.29 is 14.3 Å². The normalized spacial score (nSPS) is 11.1. The van der Waals surface area contributed by atoms with Crippen molar-refractivity contribution in [3.05, 3.63) is 88.7 Å². The third kappa shape index (κ3) is 4.48. The Bertz CT molecular complexity index is 1220. The number of aromatic nitrogens is 2. The number of carbonyl (C=O) groups is 1. The number of methoxy groups -OCH3 is 1. The highest BCUT2D eigenvalue weighted by Crippen LogP contribution is 2.28. The Balaban J connectivity index is 1.73. The topological polar surface area (TPSA) is 53.4 Å². The minimum absolute atomic E-state index is 0.328. The summed E-state index contributed by atoms with van der Waals surface area (Å²) in [5.74, 6) is 0.414. The van der Waals surface area contributed by atoms with Gasteiger partial charge in [-0.15, -0.1) is 0 Å². The predicted octanol–water partition coefficient (Wildman–Crippen LogP) is 5.73. The monoisotopic (exact) mass is 434 g/mol. The molecule has 6 heteroatoms. The molecule has 0 unspecified atom stereocenters. The number of rotatable bonds is 7. The van der Waals surface area contributed by atoms with Crippen LogP contribution in [0.4, 0.5) is 0 Å². The highest BCUT2D eigenvalue weighted by atomic mass is 35.5. The zero-order valence-corrected chi connectivity index (χ0v) is 18.2. The predicted molar refractivity (Wildman–Crippen MR) is 122 cm³/mol. The molecule has 0 atom stereocenters. The SMILES string of the molecule is CCOC(=O)c1ccc2nc(COC)n(Cc3ccc(-c4ccccc4)cc3Cl)c2c1. The summed E-state index contributed by atoms with van der Waals surface area (Å²) >= 11 is 6.66. The van der Waals surface area contributed by atoms with Gasteiger partial charge in [0, 0.05) is 12.1 Å². The van der Waals surface area contributed by atoms with Gasteiger partial charge in [-0.25, -0.2) is 9.78 Å². The van der Waals surface area contributed by atoms with Crippen LogP contribution in [0.15, 0.2) is 66.7 Å². The van der Waals surface area contributed by atoms with Gasteiger partial charge in [0.2, 0.25) is 0 Å². The van der Waals surface area contributed by atoms with Crippen molar-refractivity contribution in [2.75, 3.05) is 13.7 Å². The molecule has 3 aromatic carbocycles. The lowest BCUT2D eigenvalue weighted by atomic mass is 10.0. The zero-order chi connectivity index (χ0) is 21.8. The lowest BCUT2D eigenvalue weighted by molar-refractivity contribution is 0.0526. The van der Waals surface area contributed by atoms with E-state index in [1.807, 2.05) is 47.0 Å². The van der Waals surface area contributed by atoms with E-state index in [1.165, 1.54) is 0 Å². The van der Waals surface area contributed by atoms with Crippen LogP contribution in [-0.4, -0.2) is 29.2 Å². The van der Waals surface area contributed by atoms with E-state index in [0.717, 1.165) is 33.5 Å². The highest BCUT2D eigenvalue weighted by Gasteiger charge is 2.16. The van der Waals surface area contributed by atoms with Crippen LogP contribution in [0.3, 0.4) is 0 Å². The van der Waals surface area contributed by atoms with E-state index >= 15 is 0 Å². The summed E-state index contributed by atoms with van der Waals surface area (Å²) in [7, 11) is 1.63. The summed E-state index contributed by atoms with van der Waals surface area (Å²) in [5.41, 5.74) is 5.25. The van der Waals surface area contributed by atoms with Crippen molar-refractivity contribution in [2.24, 2.45) is 0 Å². The number of hydrogen-bond acceptors (Lipinski definition) is 4. The first-order valence-electron chi connectivity index (χ1n) is 10.1. The number of nitrogens with zero attached hydrogens (tertiary/aromatic N) is 2. The fourth-order valence-electron chi connectivity index (χ4n) is 3.59. The minimum atomic E-state index is -0.351. The summed E-state index contributed by atoms with van der Waals surface area (Å²) in [4.78, 5) is 16.9. The van der Waals surface area contributed by atoms with Gasteiger partial charge in [0.15, 0.2) is 0 Å². The minimum Gasteiger partial charge on any atom is -0.462 e. The van der Waals surface area contributed by atoms with Crippen molar-refractivity contribution in [3.63, 3.8) is 0 Å². The van der Waals surface area contributed by atoms with E-state index < -0.39 is 0 Å². The fraction of sp³-hybridized carbons (Fsp3) is 0.200. The summed E-state index contributed by atoms with van der Waals surface area (Å²) in [5, 5.41) is 0.674. The molecular formula is C25H23ClN2O3. The molecule has 5 nitrogen and oxygen atoms in total. The molecule has 0 aliphatic carbocycles. The van der Waals surface area contributed by atoms with E-state index in [0.29, 0.717) is 30.3 Å². The third-order valence-corrected chi connectivity index (χ3v) is 5.45. The summed E-state index contributed by atoms with van der Waals surface area (Å²) in [6, 6.07) is 21.6. The van der Waals surface area contributed by atoms with Gasteiger partial charge in [0.25, 0.3) is 0 Å². The van der Waals surface area contributed by atoms with Gasteiger partial charge in [0.1, 0.15) is 12.4 Å². The molecule has 0 N–H and O–H groups in total. The van der Waals surface area contributed by atoms with E-state index in [1.54, 1.807) is 20.1 Å². The number of halogens is 1. The van der Waals surface area contributed by atoms with Gasteiger partial charge < -0.3 is 14.0 Å². The number of benzene rings is 3. The lowest BCUT2D eigenvalue weighted by Crippen LogP contribution is -2.08. The van der Waals surface area contributed by atoms with Gasteiger partial charge in [-0.2, -0.15) is 0 Å². The molecule has 0 bridgehead atoms. The number of imidazole rings is 1. The Hall–Kier alpha value is -3.15. The Morgan fingerprint density at radius 1 is 1.03 bits per heavy atom. The molecule has 1 heterocycles. The molecule has 1 aromatic heterocycles. The quantitative estimate of drug-likeness (QED) is 0.349. The Morgan fingerprint density at radius 3 is 2.55 bits per heavy atom. The maximum atomic E-state index is 12.2. The molecule has 0 amide bonds. The van der Waals surface area contributed by atoms with Crippen molar-refractivity contribution in [3.8, 4) is 11.1 Å². The molecule has 0 aliphatic rings. The van der Waals surface area contributed by atoms with Crippen LogP contribution in [0.2, 0.25) is 5.02 Å². The molecule has 0 saturated carbocycles. The van der Waals surface area contributed by atoms with Crippen LogP contribution in [0, 0.1) is 0 Å². The zero-order valence-electron chi connectivity index (χ0n) is 17.5. The van der Waals surface area contributed by atoms with Crippen molar-refractivity contribution in [2.45, 2.75) is 20.1 Å². The van der Waals surface area contributed by atoms with Crippen LogP contribution < -0.4 is 0 Å². The van der Waals surface area contributed by atoms with Crippen LogP contribution >= 0.6 is 11.6 Å². The maximum absolute atomic E-state index is 12.2. The highest BCUT2D eigenvalue weighted by molar-refractivity contribution is 6.31. The number of hydrogen-bond donors (Lipinski definition) is 0. The number of ether oxygens (including phenoxy) is 2. The molecule has 31 heavy (non-hydrogen) atoms. The molecule has 0 aliphatic heterocycles. The van der Waals surface area contributed by atoms with Crippen LogP contribution in [0.1, 0.15) is 28.7 Å². The lowest BCUT2D eigenvalue weighted by Gasteiger charge is -2.12. The first-order valence-corrected chi connectivity index (χ1v) is 10.5. The largest absolute Gasteiger partial charge is 0.462 e. The van der Waals surface area contributed by atoms with Gasteiger partial charge in [-0.1, -0.05) is 54.1 Å². The molecule has 0 spiro atoms. The van der Waals surface area contributed by atoms with E-state index in [9.17, 15) is 4.79 Å². The van der Waals surface area contributed by atoms with Crippen molar-refractivity contribution in [1.29, 1.82) is 0 Å². The molecule has 0 fully saturated rings. The average molecular weight is 435 g/mol.